The summed E-state index contributed by atoms with van der Waals surface area (Å²) in [5.41, 5.74) is 2.86. The Labute approximate surface area is 281 Å². The minimum atomic E-state index is -0.484. The number of nitrogens with zero attached hydrogens (tertiary/aromatic N) is 2. The minimum absolute atomic E-state index is 0.112. The molecule has 0 radical (unpaired) electrons. The fourth-order valence-corrected chi connectivity index (χ4v) is 15.7. The van der Waals surface area contributed by atoms with Gasteiger partial charge in [-0.1, -0.05) is 41.5 Å². The Bertz CT molecular complexity index is 1200. The van der Waals surface area contributed by atoms with Gasteiger partial charge in [-0.05, 0) is 197 Å². The van der Waals surface area contributed by atoms with Crippen molar-refractivity contribution in [3.8, 4) is 0 Å². The van der Waals surface area contributed by atoms with E-state index in [1.54, 1.807) is 0 Å². The second kappa shape index (κ2) is 10.4. The third-order valence-electron chi connectivity index (χ3n) is 19.1. The van der Waals surface area contributed by atoms with Crippen LogP contribution in [0.2, 0.25) is 0 Å². The first-order valence-electron chi connectivity index (χ1n) is 20.1. The molecule has 16 unspecified atom stereocenters. The van der Waals surface area contributed by atoms with Crippen LogP contribution < -0.4 is 0 Å². The van der Waals surface area contributed by atoms with Crippen LogP contribution in [0.5, 0.6) is 0 Å². The molecule has 0 saturated heterocycles. The van der Waals surface area contributed by atoms with E-state index in [4.69, 9.17) is 10.2 Å². The van der Waals surface area contributed by atoms with Crippen molar-refractivity contribution in [2.24, 2.45) is 91.0 Å². The molecule has 46 heavy (non-hydrogen) atoms. The minimum Gasteiger partial charge on any atom is -0.390 e. The molecule has 16 atom stereocenters. The molecule has 258 valence electrons. The van der Waals surface area contributed by atoms with Gasteiger partial charge in [0.1, 0.15) is 0 Å². The molecule has 8 aliphatic carbocycles. The Morgan fingerprint density at radius 1 is 0.500 bits per heavy atom. The van der Waals surface area contributed by atoms with E-state index in [9.17, 15) is 10.2 Å². The van der Waals surface area contributed by atoms with Gasteiger partial charge in [-0.15, -0.1) is 0 Å². The number of hydrogen-bond donors (Lipinski definition) is 2. The predicted molar refractivity (Wildman–Crippen MR) is 189 cm³/mol. The highest BCUT2D eigenvalue weighted by molar-refractivity contribution is 5.91. The highest BCUT2D eigenvalue weighted by Gasteiger charge is 2.65. The number of aliphatic hydroxyl groups is 2. The largest absolute Gasteiger partial charge is 0.390 e. The number of rotatable bonds is 1. The van der Waals surface area contributed by atoms with Gasteiger partial charge >= 0.3 is 0 Å². The zero-order valence-electron chi connectivity index (χ0n) is 30.9. The van der Waals surface area contributed by atoms with Crippen LogP contribution in [-0.4, -0.2) is 32.8 Å². The lowest BCUT2D eigenvalue weighted by molar-refractivity contribution is -0.142. The van der Waals surface area contributed by atoms with Gasteiger partial charge in [0.15, 0.2) is 0 Å². The molecule has 4 heteroatoms. The van der Waals surface area contributed by atoms with E-state index in [0.717, 1.165) is 61.2 Å². The second-order valence-electron chi connectivity index (χ2n) is 20.7. The predicted octanol–water partition coefficient (Wildman–Crippen LogP) is 9.86. The van der Waals surface area contributed by atoms with Crippen LogP contribution >= 0.6 is 0 Å². The van der Waals surface area contributed by atoms with Crippen molar-refractivity contribution in [2.45, 2.75) is 169 Å². The van der Waals surface area contributed by atoms with Crippen molar-refractivity contribution in [1.29, 1.82) is 0 Å². The van der Waals surface area contributed by atoms with Crippen LogP contribution in [0.15, 0.2) is 10.2 Å². The third-order valence-corrected chi connectivity index (χ3v) is 19.1. The van der Waals surface area contributed by atoms with Crippen molar-refractivity contribution < 1.29 is 10.2 Å². The van der Waals surface area contributed by atoms with Crippen LogP contribution in [0.3, 0.4) is 0 Å². The molecule has 4 nitrogen and oxygen atoms in total. The van der Waals surface area contributed by atoms with E-state index in [1.807, 2.05) is 0 Å². The molecule has 0 amide bonds. The maximum atomic E-state index is 11.3. The van der Waals surface area contributed by atoms with E-state index in [0.29, 0.717) is 34.5 Å². The standard InChI is InChI=1S/C42H68N2O2/c1-25-23-37(3)27(9-11-29-31(37)13-17-39(5)33(29)15-19-41(39,7)45)21-35(25)43-44-36-22-28-10-12-30-32(38(28,4)24-26(36)2)14-18-40(6)34(30)16-20-42(40,8)46/h25-34,45-46H,9-24H2,1-8H3/b43-35-,44-36-. The van der Waals surface area contributed by atoms with E-state index in [2.05, 4.69) is 55.4 Å². The monoisotopic (exact) mass is 633 g/mol. The molecule has 0 heterocycles. The lowest BCUT2D eigenvalue weighted by Crippen LogP contribution is -2.57. The summed E-state index contributed by atoms with van der Waals surface area (Å²) in [6.07, 6.45) is 19.7. The van der Waals surface area contributed by atoms with Gasteiger partial charge in [0.2, 0.25) is 0 Å². The molecular weight excluding hydrogens is 564 g/mol. The first kappa shape index (κ1) is 32.5. The first-order valence-corrected chi connectivity index (χ1v) is 20.1. The van der Waals surface area contributed by atoms with E-state index >= 15 is 0 Å². The molecule has 0 spiro atoms. The third kappa shape index (κ3) is 4.29. The topological polar surface area (TPSA) is 65.2 Å². The Morgan fingerprint density at radius 2 is 0.870 bits per heavy atom. The van der Waals surface area contributed by atoms with Gasteiger partial charge in [-0.2, -0.15) is 10.2 Å². The maximum Gasteiger partial charge on any atom is 0.0675 e. The van der Waals surface area contributed by atoms with Crippen molar-refractivity contribution in [2.75, 3.05) is 0 Å². The fraction of sp³-hybridized carbons (Fsp3) is 0.952. The lowest BCUT2D eigenvalue weighted by atomic mass is 9.43. The van der Waals surface area contributed by atoms with Crippen LogP contribution in [0.1, 0.15) is 158 Å². The van der Waals surface area contributed by atoms with Crippen LogP contribution in [0.25, 0.3) is 0 Å². The van der Waals surface area contributed by atoms with Gasteiger partial charge in [0.25, 0.3) is 0 Å². The Hall–Kier alpha value is -0.740. The quantitative estimate of drug-likeness (QED) is 0.283. The Morgan fingerprint density at radius 3 is 1.26 bits per heavy atom. The smallest absolute Gasteiger partial charge is 0.0675 e. The molecule has 2 N–H and O–H groups in total. The highest BCUT2D eigenvalue weighted by Crippen LogP contribution is 2.70. The fourth-order valence-electron chi connectivity index (χ4n) is 15.7. The van der Waals surface area contributed by atoms with E-state index in [-0.39, 0.29) is 10.8 Å². The molecule has 0 aliphatic heterocycles. The second-order valence-corrected chi connectivity index (χ2v) is 20.7. The summed E-state index contributed by atoms with van der Waals surface area (Å²) in [4.78, 5) is 0. The van der Waals surface area contributed by atoms with Crippen molar-refractivity contribution in [1.82, 2.24) is 0 Å². The van der Waals surface area contributed by atoms with Crippen LogP contribution in [0.4, 0.5) is 0 Å². The van der Waals surface area contributed by atoms with Gasteiger partial charge in [0.05, 0.1) is 11.2 Å². The van der Waals surface area contributed by atoms with Crippen molar-refractivity contribution in [3.63, 3.8) is 0 Å². The number of fused-ring (bicyclic) bond motifs is 10. The molecule has 0 aromatic carbocycles. The molecule has 8 fully saturated rings. The molecule has 8 rings (SSSR count). The zero-order chi connectivity index (χ0) is 32.7. The summed E-state index contributed by atoms with van der Waals surface area (Å²) < 4.78 is 0. The van der Waals surface area contributed by atoms with E-state index in [1.165, 1.54) is 88.5 Å². The summed E-state index contributed by atoms with van der Waals surface area (Å²) >= 11 is 0. The summed E-state index contributed by atoms with van der Waals surface area (Å²) in [6.45, 7) is 19.4. The lowest BCUT2D eigenvalue weighted by Gasteiger charge is -2.62. The normalized spacial score (nSPS) is 61.3. The van der Waals surface area contributed by atoms with Crippen LogP contribution in [-0.2, 0) is 0 Å². The van der Waals surface area contributed by atoms with Gasteiger partial charge < -0.3 is 10.2 Å². The Kier molecular flexibility index (Phi) is 7.34. The Balaban J connectivity index is 0.969. The SMILES string of the molecule is CC1CC2(C)C(CCC3C2CCC2(C)C3CCC2(C)O)C/C1=N/N=C1/CC2CCC3C(CCC4(C)C3CCC4(C)O)C2(C)CC1C. The van der Waals surface area contributed by atoms with Crippen molar-refractivity contribution in [3.05, 3.63) is 0 Å². The zero-order valence-corrected chi connectivity index (χ0v) is 30.9. The molecule has 0 aromatic heterocycles. The van der Waals surface area contributed by atoms with Crippen molar-refractivity contribution >= 4 is 11.4 Å². The molecule has 0 aromatic rings. The van der Waals surface area contributed by atoms with Gasteiger partial charge in [-0.25, -0.2) is 0 Å². The number of hydrogen-bond acceptors (Lipinski definition) is 4. The average molecular weight is 633 g/mol. The van der Waals surface area contributed by atoms with Gasteiger partial charge in [0, 0.05) is 11.4 Å². The molecule has 8 aliphatic rings. The van der Waals surface area contributed by atoms with Crippen LogP contribution in [0, 0.1) is 80.8 Å². The molecule has 8 saturated carbocycles. The summed E-state index contributed by atoms with van der Waals surface area (Å²) in [5, 5.41) is 33.1. The highest BCUT2D eigenvalue weighted by atomic mass is 16.3. The summed E-state index contributed by atoms with van der Waals surface area (Å²) in [7, 11) is 0. The van der Waals surface area contributed by atoms with Gasteiger partial charge in [-0.3, -0.25) is 0 Å². The first-order chi connectivity index (χ1) is 21.5. The maximum absolute atomic E-state index is 11.3. The molecular formula is C42H68N2O2. The average Bonchev–Trinajstić information content (AvgIpc) is 3.38. The summed E-state index contributed by atoms with van der Waals surface area (Å²) in [5.74, 6) is 7.15. The summed E-state index contributed by atoms with van der Waals surface area (Å²) in [6, 6.07) is 0. The van der Waals surface area contributed by atoms with E-state index < -0.39 is 11.2 Å². The molecule has 0 bridgehead atoms.